The molecule has 0 unspecified atom stereocenters. The van der Waals surface area contributed by atoms with E-state index in [-0.39, 0.29) is 19.3 Å². The highest BCUT2D eigenvalue weighted by Gasteiger charge is 2.24. The van der Waals surface area contributed by atoms with Crippen LogP contribution >= 0.6 is 0 Å². The van der Waals surface area contributed by atoms with Gasteiger partial charge >= 0.3 is 6.09 Å². The number of benzene rings is 4. The van der Waals surface area contributed by atoms with Crippen LogP contribution in [0.25, 0.3) is 21.9 Å². The Morgan fingerprint density at radius 2 is 1.50 bits per heavy atom. The Labute approximate surface area is 246 Å². The van der Waals surface area contributed by atoms with Crippen LogP contribution in [0.15, 0.2) is 97.1 Å². The van der Waals surface area contributed by atoms with E-state index in [2.05, 4.69) is 53.4 Å². The molecule has 8 heteroatoms. The molecule has 8 nitrogen and oxygen atoms in total. The van der Waals surface area contributed by atoms with Gasteiger partial charge in [-0.2, -0.15) is 0 Å². The number of piperidine rings is 1. The van der Waals surface area contributed by atoms with Crippen LogP contribution in [0.2, 0.25) is 0 Å². The highest BCUT2D eigenvalue weighted by atomic mass is 16.9. The molecule has 0 spiro atoms. The second kappa shape index (κ2) is 16.1. The Hall–Kier alpha value is -4.43. The minimum Gasteiger partial charge on any atom is -0.449 e. The van der Waals surface area contributed by atoms with Crippen LogP contribution < -0.4 is 0 Å². The first kappa shape index (κ1) is 30.5. The van der Waals surface area contributed by atoms with Crippen LogP contribution in [0.3, 0.4) is 0 Å². The van der Waals surface area contributed by atoms with Gasteiger partial charge in [-0.3, -0.25) is 0 Å². The SMILES string of the molecule is O=C(OCCCCCO[N+](=O)[O-])N1CCC(c2cccc(-c3ccccc3)c2)CC1.OCc1ccc2ccccc2c1. The molecule has 1 fully saturated rings. The van der Waals surface area contributed by atoms with E-state index in [1.807, 2.05) is 48.5 Å². The van der Waals surface area contributed by atoms with Crippen LogP contribution in [-0.4, -0.2) is 47.5 Å². The van der Waals surface area contributed by atoms with Gasteiger partial charge in [0.25, 0.3) is 5.09 Å². The van der Waals surface area contributed by atoms with E-state index in [1.54, 1.807) is 4.90 Å². The van der Waals surface area contributed by atoms with E-state index in [9.17, 15) is 14.9 Å². The number of unbranched alkanes of at least 4 members (excludes halogenated alkanes) is 2. The molecule has 4 aromatic carbocycles. The summed E-state index contributed by atoms with van der Waals surface area (Å²) < 4.78 is 5.34. The average molecular weight is 571 g/mol. The van der Waals surface area contributed by atoms with Crippen molar-refractivity contribution >= 4 is 16.9 Å². The molecule has 0 aliphatic carbocycles. The number of ether oxygens (including phenoxy) is 1. The lowest BCUT2D eigenvalue weighted by Crippen LogP contribution is -2.38. The van der Waals surface area contributed by atoms with Crippen LogP contribution in [0.5, 0.6) is 0 Å². The molecular weight excluding hydrogens is 532 g/mol. The normalized spacial score (nSPS) is 13.2. The summed E-state index contributed by atoms with van der Waals surface area (Å²) in [7, 11) is 0. The van der Waals surface area contributed by atoms with Gasteiger partial charge in [-0.05, 0) is 77.1 Å². The quantitative estimate of drug-likeness (QED) is 0.121. The molecule has 1 saturated heterocycles. The van der Waals surface area contributed by atoms with Gasteiger partial charge in [0, 0.05) is 13.1 Å². The van der Waals surface area contributed by atoms with E-state index in [1.165, 1.54) is 27.5 Å². The zero-order valence-electron chi connectivity index (χ0n) is 23.8. The summed E-state index contributed by atoms with van der Waals surface area (Å²) in [5, 5.41) is 20.6. The van der Waals surface area contributed by atoms with Crippen molar-refractivity contribution in [2.75, 3.05) is 26.3 Å². The fourth-order valence-corrected chi connectivity index (χ4v) is 5.11. The smallest absolute Gasteiger partial charge is 0.409 e. The van der Waals surface area contributed by atoms with Gasteiger partial charge in [-0.1, -0.05) is 91.0 Å². The number of rotatable bonds is 10. The van der Waals surface area contributed by atoms with Crippen LogP contribution in [-0.2, 0) is 16.2 Å². The Balaban J connectivity index is 0.000000279. The summed E-state index contributed by atoms with van der Waals surface area (Å²) in [4.78, 5) is 28.3. The van der Waals surface area contributed by atoms with E-state index in [0.717, 1.165) is 24.8 Å². The Morgan fingerprint density at radius 3 is 2.24 bits per heavy atom. The first-order chi connectivity index (χ1) is 20.5. The third kappa shape index (κ3) is 9.31. The summed E-state index contributed by atoms with van der Waals surface area (Å²) >= 11 is 0. The molecule has 220 valence electrons. The van der Waals surface area contributed by atoms with Gasteiger partial charge in [-0.15, -0.1) is 10.1 Å². The molecule has 0 bridgehead atoms. The first-order valence-corrected chi connectivity index (χ1v) is 14.5. The van der Waals surface area contributed by atoms with Crippen molar-refractivity contribution in [3.8, 4) is 11.1 Å². The van der Waals surface area contributed by atoms with E-state index in [4.69, 9.17) is 9.84 Å². The van der Waals surface area contributed by atoms with Crippen LogP contribution in [0.1, 0.15) is 49.1 Å². The number of carbonyl (C=O) groups is 1. The summed E-state index contributed by atoms with van der Waals surface area (Å²) in [6.45, 7) is 1.91. The number of fused-ring (bicyclic) bond motifs is 1. The Kier molecular flexibility index (Phi) is 11.7. The van der Waals surface area contributed by atoms with Crippen molar-refractivity contribution in [1.82, 2.24) is 4.90 Å². The lowest BCUT2D eigenvalue weighted by molar-refractivity contribution is -0.757. The number of aliphatic hydroxyl groups is 1. The minimum atomic E-state index is -0.790. The summed E-state index contributed by atoms with van der Waals surface area (Å²) in [6.07, 6.45) is 3.55. The highest BCUT2D eigenvalue weighted by molar-refractivity contribution is 5.82. The molecule has 0 aromatic heterocycles. The van der Waals surface area contributed by atoms with Gasteiger partial charge in [0.1, 0.15) is 0 Å². The number of hydrogen-bond donors (Lipinski definition) is 1. The molecular formula is C34H38N2O6. The largest absolute Gasteiger partial charge is 0.449 e. The topological polar surface area (TPSA) is 102 Å². The molecule has 0 atom stereocenters. The summed E-state index contributed by atoms with van der Waals surface area (Å²) in [6, 6.07) is 33.1. The maximum absolute atomic E-state index is 12.2. The van der Waals surface area contributed by atoms with E-state index in [0.29, 0.717) is 38.5 Å². The predicted molar refractivity (Wildman–Crippen MR) is 163 cm³/mol. The van der Waals surface area contributed by atoms with Crippen molar-refractivity contribution in [2.45, 2.75) is 44.6 Å². The van der Waals surface area contributed by atoms with Crippen molar-refractivity contribution in [3.63, 3.8) is 0 Å². The van der Waals surface area contributed by atoms with Gasteiger partial charge < -0.3 is 19.6 Å². The van der Waals surface area contributed by atoms with Gasteiger partial charge in [0.05, 0.1) is 19.8 Å². The molecule has 1 N–H and O–H groups in total. The van der Waals surface area contributed by atoms with Crippen molar-refractivity contribution < 1.29 is 24.6 Å². The lowest BCUT2D eigenvalue weighted by atomic mass is 9.88. The highest BCUT2D eigenvalue weighted by Crippen LogP contribution is 2.31. The fourth-order valence-electron chi connectivity index (χ4n) is 5.11. The number of likely N-dealkylation sites (tertiary alicyclic amines) is 1. The maximum Gasteiger partial charge on any atom is 0.409 e. The number of aliphatic hydroxyl groups excluding tert-OH is 1. The van der Waals surface area contributed by atoms with Crippen molar-refractivity contribution in [3.05, 3.63) is 118 Å². The van der Waals surface area contributed by atoms with E-state index < -0.39 is 5.09 Å². The number of amides is 1. The number of hydrogen-bond acceptors (Lipinski definition) is 6. The molecule has 0 saturated carbocycles. The number of carbonyl (C=O) groups excluding carboxylic acids is 1. The first-order valence-electron chi connectivity index (χ1n) is 14.5. The standard InChI is InChI=1S/C23H28N2O5.C11H10O/c26-23(29-16-5-2-6-17-30-25(27)28)24-14-12-20(13-15-24)22-11-7-10-21(18-22)19-8-3-1-4-9-19;12-8-9-5-6-10-3-1-2-4-11(10)7-9/h1,3-4,7-11,18,20H,2,5-6,12-17H2;1-7,12H,8H2. The lowest BCUT2D eigenvalue weighted by Gasteiger charge is -2.31. The van der Waals surface area contributed by atoms with Crippen molar-refractivity contribution in [2.24, 2.45) is 0 Å². The Bertz CT molecular complexity index is 1420. The molecule has 0 radical (unpaired) electrons. The molecule has 4 aromatic rings. The van der Waals surface area contributed by atoms with Gasteiger partial charge in [-0.25, -0.2) is 4.79 Å². The second-order valence-corrected chi connectivity index (χ2v) is 10.3. The zero-order valence-corrected chi connectivity index (χ0v) is 23.8. The molecule has 42 heavy (non-hydrogen) atoms. The molecule has 1 aliphatic heterocycles. The summed E-state index contributed by atoms with van der Waals surface area (Å²) in [5.74, 6) is 0.444. The second-order valence-electron chi connectivity index (χ2n) is 10.3. The van der Waals surface area contributed by atoms with Gasteiger partial charge in [0.15, 0.2) is 0 Å². The van der Waals surface area contributed by atoms with Gasteiger partial charge in [0.2, 0.25) is 0 Å². The Morgan fingerprint density at radius 1 is 0.810 bits per heavy atom. The van der Waals surface area contributed by atoms with Crippen LogP contribution in [0.4, 0.5) is 4.79 Å². The zero-order chi connectivity index (χ0) is 29.6. The van der Waals surface area contributed by atoms with E-state index >= 15 is 0 Å². The fraction of sp³-hybridized carbons (Fsp3) is 0.324. The minimum absolute atomic E-state index is 0.0833. The van der Waals surface area contributed by atoms with Crippen molar-refractivity contribution in [1.29, 1.82) is 0 Å². The molecule has 1 aliphatic rings. The average Bonchev–Trinajstić information content (AvgIpc) is 3.04. The number of nitrogens with zero attached hydrogens (tertiary/aromatic N) is 2. The molecule has 1 heterocycles. The van der Waals surface area contributed by atoms with Crippen LogP contribution in [0, 0.1) is 10.1 Å². The predicted octanol–water partition coefficient (Wildman–Crippen LogP) is 7.38. The third-order valence-electron chi connectivity index (χ3n) is 7.43. The third-order valence-corrected chi connectivity index (χ3v) is 7.43. The molecule has 1 amide bonds. The molecule has 5 rings (SSSR count). The summed E-state index contributed by atoms with van der Waals surface area (Å²) in [5.41, 5.74) is 4.72. The monoisotopic (exact) mass is 570 g/mol. The maximum atomic E-state index is 12.2.